The van der Waals surface area contributed by atoms with Crippen molar-refractivity contribution in [2.24, 2.45) is 5.73 Å². The summed E-state index contributed by atoms with van der Waals surface area (Å²) in [6.07, 6.45) is 0.824. The van der Waals surface area contributed by atoms with E-state index in [1.54, 1.807) is 0 Å². The van der Waals surface area contributed by atoms with E-state index in [9.17, 15) is 13.6 Å². The lowest BCUT2D eigenvalue weighted by Gasteiger charge is -2.11. The van der Waals surface area contributed by atoms with Crippen LogP contribution in [0.25, 0.3) is 0 Å². The molecule has 1 unspecified atom stereocenters. The molecule has 2 aromatic rings. The molecule has 110 valence electrons. The van der Waals surface area contributed by atoms with E-state index in [2.05, 4.69) is 0 Å². The van der Waals surface area contributed by atoms with Crippen molar-refractivity contribution >= 4 is 5.78 Å². The average Bonchev–Trinajstić information content (AvgIpc) is 2.44. The predicted molar refractivity (Wildman–Crippen MR) is 77.7 cm³/mol. The summed E-state index contributed by atoms with van der Waals surface area (Å²) in [4.78, 5) is 11.9. The number of carbonyl (C=O) groups excluding carboxylic acids is 1. The highest BCUT2D eigenvalue weighted by molar-refractivity contribution is 5.80. The lowest BCUT2D eigenvalue weighted by molar-refractivity contribution is -0.118. The highest BCUT2D eigenvalue weighted by Gasteiger charge is 2.11. The molecule has 0 bridgehead atoms. The van der Waals surface area contributed by atoms with Crippen LogP contribution in [-0.4, -0.2) is 5.78 Å². The van der Waals surface area contributed by atoms with Gasteiger partial charge in [-0.05, 0) is 29.7 Å². The number of ketones is 1. The molecule has 0 radical (unpaired) electrons. The number of benzene rings is 2. The van der Waals surface area contributed by atoms with Gasteiger partial charge in [0, 0.05) is 24.9 Å². The minimum atomic E-state index is -0.668. The van der Waals surface area contributed by atoms with Gasteiger partial charge in [0.25, 0.3) is 0 Å². The van der Waals surface area contributed by atoms with Crippen LogP contribution in [0.1, 0.15) is 30.0 Å². The quantitative estimate of drug-likeness (QED) is 0.883. The third kappa shape index (κ3) is 4.76. The molecule has 2 N–H and O–H groups in total. The summed E-state index contributed by atoms with van der Waals surface area (Å²) in [6.45, 7) is 0. The standard InChI is InChI=1S/C17H17F2NO/c18-14-8-12(9-15(19)11-14)10-16(21)6-7-17(20)13-4-2-1-3-5-13/h1-5,8-9,11,17H,6-7,10,20H2. The van der Waals surface area contributed by atoms with Crippen LogP contribution >= 0.6 is 0 Å². The molecular formula is C17H17F2NO. The van der Waals surface area contributed by atoms with Crippen molar-refractivity contribution < 1.29 is 13.6 Å². The normalized spacial score (nSPS) is 12.1. The van der Waals surface area contributed by atoms with Gasteiger partial charge in [-0.1, -0.05) is 30.3 Å². The Kier molecular flexibility index (Phi) is 5.17. The summed E-state index contributed by atoms with van der Waals surface area (Å²) in [5, 5.41) is 0. The van der Waals surface area contributed by atoms with Crippen molar-refractivity contribution in [1.82, 2.24) is 0 Å². The topological polar surface area (TPSA) is 43.1 Å². The lowest BCUT2D eigenvalue weighted by Crippen LogP contribution is -2.13. The Bertz CT molecular complexity index is 593. The van der Waals surface area contributed by atoms with Gasteiger partial charge in [0.15, 0.2) is 0 Å². The van der Waals surface area contributed by atoms with Crippen molar-refractivity contribution in [3.8, 4) is 0 Å². The van der Waals surface area contributed by atoms with Crippen molar-refractivity contribution in [2.75, 3.05) is 0 Å². The molecule has 4 heteroatoms. The van der Waals surface area contributed by atoms with Crippen molar-refractivity contribution in [3.05, 3.63) is 71.3 Å². The van der Waals surface area contributed by atoms with E-state index in [0.717, 1.165) is 11.6 Å². The van der Waals surface area contributed by atoms with E-state index in [1.165, 1.54) is 12.1 Å². The molecule has 2 nitrogen and oxygen atoms in total. The first-order chi connectivity index (χ1) is 10.0. The van der Waals surface area contributed by atoms with Crippen molar-refractivity contribution in [3.63, 3.8) is 0 Å². The molecule has 2 aromatic carbocycles. The van der Waals surface area contributed by atoms with Crippen LogP contribution in [0.4, 0.5) is 8.78 Å². The Morgan fingerprint density at radius 2 is 1.67 bits per heavy atom. The van der Waals surface area contributed by atoms with E-state index in [-0.39, 0.29) is 24.7 Å². The van der Waals surface area contributed by atoms with E-state index in [1.807, 2.05) is 30.3 Å². The van der Waals surface area contributed by atoms with Crippen LogP contribution in [0.2, 0.25) is 0 Å². The first-order valence-corrected chi connectivity index (χ1v) is 6.82. The van der Waals surface area contributed by atoms with Crippen LogP contribution in [0, 0.1) is 11.6 Å². The lowest BCUT2D eigenvalue weighted by atomic mass is 9.99. The smallest absolute Gasteiger partial charge is 0.137 e. The summed E-state index contributed by atoms with van der Waals surface area (Å²) >= 11 is 0. The Morgan fingerprint density at radius 3 is 2.29 bits per heavy atom. The predicted octanol–water partition coefficient (Wildman–Crippen LogP) is 3.56. The second-order valence-corrected chi connectivity index (χ2v) is 5.05. The van der Waals surface area contributed by atoms with E-state index < -0.39 is 11.6 Å². The number of hydrogen-bond acceptors (Lipinski definition) is 2. The van der Waals surface area contributed by atoms with Crippen LogP contribution in [0.3, 0.4) is 0 Å². The molecule has 0 spiro atoms. The van der Waals surface area contributed by atoms with Gasteiger partial charge in [0.2, 0.25) is 0 Å². The summed E-state index contributed by atoms with van der Waals surface area (Å²) in [5.74, 6) is -1.41. The zero-order chi connectivity index (χ0) is 15.2. The maximum absolute atomic E-state index is 13.0. The second kappa shape index (κ2) is 7.09. The van der Waals surface area contributed by atoms with Gasteiger partial charge in [0.1, 0.15) is 17.4 Å². The second-order valence-electron chi connectivity index (χ2n) is 5.05. The Labute approximate surface area is 122 Å². The number of hydrogen-bond donors (Lipinski definition) is 1. The summed E-state index contributed by atoms with van der Waals surface area (Å²) in [5.41, 5.74) is 7.34. The SMILES string of the molecule is NC(CCC(=O)Cc1cc(F)cc(F)c1)c1ccccc1. The first kappa shape index (κ1) is 15.3. The van der Waals surface area contributed by atoms with E-state index >= 15 is 0 Å². The first-order valence-electron chi connectivity index (χ1n) is 6.82. The highest BCUT2D eigenvalue weighted by atomic mass is 19.1. The fraction of sp³-hybridized carbons (Fsp3) is 0.235. The molecule has 0 amide bonds. The molecule has 0 saturated heterocycles. The number of Topliss-reactive ketones (excluding diaryl/α,β-unsaturated/α-hetero) is 1. The fourth-order valence-corrected chi connectivity index (χ4v) is 2.21. The molecule has 0 aromatic heterocycles. The maximum Gasteiger partial charge on any atom is 0.137 e. The molecule has 0 aliphatic heterocycles. The molecule has 0 saturated carbocycles. The zero-order valence-electron chi connectivity index (χ0n) is 11.6. The van der Waals surface area contributed by atoms with Gasteiger partial charge < -0.3 is 5.73 Å². The van der Waals surface area contributed by atoms with Gasteiger partial charge in [-0.25, -0.2) is 8.78 Å². The van der Waals surface area contributed by atoms with Crippen LogP contribution in [0.15, 0.2) is 48.5 Å². The largest absolute Gasteiger partial charge is 0.324 e. The minimum Gasteiger partial charge on any atom is -0.324 e. The highest BCUT2D eigenvalue weighted by Crippen LogP contribution is 2.16. The zero-order valence-corrected chi connectivity index (χ0v) is 11.6. The Hall–Kier alpha value is -2.07. The number of rotatable bonds is 6. The van der Waals surface area contributed by atoms with Crippen LogP contribution < -0.4 is 5.73 Å². The summed E-state index contributed by atoms with van der Waals surface area (Å²) < 4.78 is 26.1. The van der Waals surface area contributed by atoms with Gasteiger partial charge in [-0.15, -0.1) is 0 Å². The fourth-order valence-electron chi connectivity index (χ4n) is 2.21. The molecule has 1 atom stereocenters. The van der Waals surface area contributed by atoms with E-state index in [0.29, 0.717) is 12.0 Å². The van der Waals surface area contributed by atoms with Crippen molar-refractivity contribution in [2.45, 2.75) is 25.3 Å². The molecular weight excluding hydrogens is 272 g/mol. The molecule has 0 heterocycles. The monoisotopic (exact) mass is 289 g/mol. The number of halogens is 2. The molecule has 2 rings (SSSR count). The Morgan fingerprint density at radius 1 is 1.05 bits per heavy atom. The third-order valence-electron chi connectivity index (χ3n) is 3.29. The van der Waals surface area contributed by atoms with Gasteiger partial charge in [-0.2, -0.15) is 0 Å². The molecule has 0 fully saturated rings. The number of nitrogens with two attached hydrogens (primary N) is 1. The van der Waals surface area contributed by atoms with Gasteiger partial charge >= 0.3 is 0 Å². The van der Waals surface area contributed by atoms with Gasteiger partial charge in [-0.3, -0.25) is 4.79 Å². The average molecular weight is 289 g/mol. The van der Waals surface area contributed by atoms with E-state index in [4.69, 9.17) is 5.73 Å². The third-order valence-corrected chi connectivity index (χ3v) is 3.29. The van der Waals surface area contributed by atoms with Crippen molar-refractivity contribution in [1.29, 1.82) is 0 Å². The maximum atomic E-state index is 13.0. The molecule has 0 aliphatic carbocycles. The summed E-state index contributed by atoms with van der Waals surface area (Å²) in [7, 11) is 0. The van der Waals surface area contributed by atoms with Crippen LogP contribution in [-0.2, 0) is 11.2 Å². The molecule has 21 heavy (non-hydrogen) atoms. The Balaban J connectivity index is 1.87. The van der Waals surface area contributed by atoms with Crippen LogP contribution in [0.5, 0.6) is 0 Å². The number of carbonyl (C=O) groups is 1. The molecule has 0 aliphatic rings. The summed E-state index contributed by atoms with van der Waals surface area (Å²) in [6, 6.07) is 12.5. The minimum absolute atomic E-state index is 0.0240. The van der Waals surface area contributed by atoms with Gasteiger partial charge in [0.05, 0.1) is 0 Å².